The van der Waals surface area contributed by atoms with Crippen LogP contribution in [0.2, 0.25) is 0 Å². The largest absolute Gasteiger partial charge is 0.377 e. The zero-order valence-corrected chi connectivity index (χ0v) is 24.4. The van der Waals surface area contributed by atoms with Gasteiger partial charge in [0.05, 0.1) is 45.5 Å². The van der Waals surface area contributed by atoms with Crippen molar-refractivity contribution in [2.45, 2.75) is 56.6 Å². The number of hydrogen-bond acceptors (Lipinski definition) is 8. The molecule has 3 aliphatic rings. The molecule has 42 heavy (non-hydrogen) atoms. The van der Waals surface area contributed by atoms with Crippen LogP contribution in [-0.4, -0.2) is 27.5 Å². The summed E-state index contributed by atoms with van der Waals surface area (Å²) in [5.41, 5.74) is 11.0. The van der Waals surface area contributed by atoms with Crippen molar-refractivity contribution in [3.05, 3.63) is 102 Å². The van der Waals surface area contributed by atoms with Crippen molar-refractivity contribution in [1.82, 2.24) is 21.0 Å². The molecular weight excluding hydrogens is 544 g/mol. The van der Waals surface area contributed by atoms with Crippen molar-refractivity contribution in [3.8, 4) is 12.1 Å². The second kappa shape index (κ2) is 11.4. The summed E-state index contributed by atoms with van der Waals surface area (Å²) in [6.07, 6.45) is 14.9. The molecule has 0 bridgehead atoms. The van der Waals surface area contributed by atoms with Crippen LogP contribution in [0.4, 0.5) is 11.4 Å². The quantitative estimate of drug-likeness (QED) is 0.217. The summed E-state index contributed by atoms with van der Waals surface area (Å²) in [6.45, 7) is 4.24. The van der Waals surface area contributed by atoms with E-state index in [1.54, 1.807) is 6.20 Å². The van der Waals surface area contributed by atoms with Crippen LogP contribution in [0.5, 0.6) is 0 Å². The minimum atomic E-state index is -0.493. The number of hydrogen-bond donors (Lipinski definition) is 4. The van der Waals surface area contributed by atoms with E-state index < -0.39 is 5.41 Å². The predicted octanol–water partition coefficient (Wildman–Crippen LogP) is 6.39. The van der Waals surface area contributed by atoms with Gasteiger partial charge in [-0.05, 0) is 37.0 Å². The number of anilines is 2. The molecule has 6 rings (SSSR count). The molecule has 1 aliphatic heterocycles. The van der Waals surface area contributed by atoms with Gasteiger partial charge >= 0.3 is 0 Å². The molecule has 3 aromatic rings. The minimum Gasteiger partial charge on any atom is -0.377 e. The van der Waals surface area contributed by atoms with Gasteiger partial charge in [0.25, 0.3) is 0 Å². The molecule has 0 amide bonds. The Morgan fingerprint density at radius 3 is 2.60 bits per heavy atom. The van der Waals surface area contributed by atoms with Crippen LogP contribution in [-0.2, 0) is 0 Å². The van der Waals surface area contributed by atoms with Gasteiger partial charge in [0, 0.05) is 34.9 Å². The van der Waals surface area contributed by atoms with Gasteiger partial charge in [-0.1, -0.05) is 68.5 Å². The first-order valence-corrected chi connectivity index (χ1v) is 14.8. The number of hydrazine groups is 2. The number of benzene rings is 2. The maximum absolute atomic E-state index is 10.2. The zero-order valence-electron chi connectivity index (χ0n) is 23.6. The highest BCUT2D eigenvalue weighted by molar-refractivity contribution is 6.22. The minimum absolute atomic E-state index is 0.0267. The number of nitrogens with zero attached hydrogens (tertiary/aromatic N) is 4. The van der Waals surface area contributed by atoms with E-state index in [1.165, 1.54) is 0 Å². The van der Waals surface area contributed by atoms with Crippen LogP contribution in [0.25, 0.3) is 10.9 Å². The molecule has 8 nitrogen and oxygen atoms in total. The third kappa shape index (κ3) is 5.16. The molecule has 1 fully saturated rings. The van der Waals surface area contributed by atoms with Gasteiger partial charge in [-0.2, -0.15) is 10.5 Å². The Balaban J connectivity index is 1.45. The zero-order chi connectivity index (χ0) is 29.3. The number of rotatable bonds is 9. The van der Waals surface area contributed by atoms with Crippen molar-refractivity contribution in [3.63, 3.8) is 0 Å². The van der Waals surface area contributed by atoms with E-state index in [9.17, 15) is 10.5 Å². The van der Waals surface area contributed by atoms with Crippen LogP contribution < -0.4 is 21.6 Å². The molecule has 9 heteroatoms. The predicted molar refractivity (Wildman–Crippen MR) is 167 cm³/mol. The molecule has 1 aromatic heterocycles. The van der Waals surface area contributed by atoms with Crippen molar-refractivity contribution >= 4 is 33.9 Å². The maximum atomic E-state index is 10.2. The summed E-state index contributed by atoms with van der Waals surface area (Å²) in [7, 11) is 0. The van der Waals surface area contributed by atoms with Gasteiger partial charge < -0.3 is 16.1 Å². The number of alkyl halides is 1. The fourth-order valence-electron chi connectivity index (χ4n) is 5.75. The van der Waals surface area contributed by atoms with Gasteiger partial charge in [-0.3, -0.25) is 9.99 Å². The highest BCUT2D eigenvalue weighted by Gasteiger charge is 2.43. The first-order chi connectivity index (χ1) is 20.4. The second-order valence-electron chi connectivity index (χ2n) is 11.3. The van der Waals surface area contributed by atoms with E-state index in [0.717, 1.165) is 36.2 Å². The first-order valence-electron chi connectivity index (χ1n) is 14.3. The van der Waals surface area contributed by atoms with Crippen LogP contribution >= 0.6 is 11.6 Å². The van der Waals surface area contributed by atoms with Gasteiger partial charge in [0.15, 0.2) is 0 Å². The summed E-state index contributed by atoms with van der Waals surface area (Å²) < 4.78 is 0. The van der Waals surface area contributed by atoms with Crippen LogP contribution in [0.3, 0.4) is 0 Å². The molecule has 2 aromatic carbocycles. The van der Waals surface area contributed by atoms with Crippen LogP contribution in [0.1, 0.15) is 55.8 Å². The van der Waals surface area contributed by atoms with Crippen molar-refractivity contribution in [2.24, 2.45) is 5.41 Å². The number of pyridine rings is 1. The molecule has 2 heterocycles. The normalized spacial score (nSPS) is 22.5. The van der Waals surface area contributed by atoms with Crippen molar-refractivity contribution in [1.29, 1.82) is 10.5 Å². The van der Waals surface area contributed by atoms with E-state index in [4.69, 9.17) is 11.6 Å². The molecular formula is C33H33ClN8. The summed E-state index contributed by atoms with van der Waals surface area (Å²) in [5, 5.41) is 30.1. The average molecular weight is 577 g/mol. The highest BCUT2D eigenvalue weighted by Crippen LogP contribution is 2.42. The van der Waals surface area contributed by atoms with Crippen LogP contribution in [0, 0.1) is 28.1 Å². The molecule has 2 unspecified atom stereocenters. The number of aromatic nitrogens is 1. The summed E-state index contributed by atoms with van der Waals surface area (Å²) in [4.78, 5) is 4.54. The first kappa shape index (κ1) is 27.7. The summed E-state index contributed by atoms with van der Waals surface area (Å²) in [5.74, 6) is 0. The average Bonchev–Trinajstić information content (AvgIpc) is 3.76. The molecule has 4 atom stereocenters. The highest BCUT2D eigenvalue weighted by atomic mass is 35.5. The van der Waals surface area contributed by atoms with Crippen LogP contribution in [0.15, 0.2) is 84.9 Å². The third-order valence-corrected chi connectivity index (χ3v) is 8.99. The molecule has 0 radical (unpaired) electrons. The molecule has 4 N–H and O–H groups in total. The number of halogens is 1. The number of allylic oxidation sites excluding steroid dienone is 3. The van der Waals surface area contributed by atoms with E-state index in [-0.39, 0.29) is 17.5 Å². The monoisotopic (exact) mass is 576 g/mol. The number of nitriles is 2. The third-order valence-electron chi connectivity index (χ3n) is 8.37. The van der Waals surface area contributed by atoms with E-state index in [2.05, 4.69) is 82.0 Å². The van der Waals surface area contributed by atoms with E-state index in [0.29, 0.717) is 33.8 Å². The fourth-order valence-corrected chi connectivity index (χ4v) is 6.03. The number of fused-ring (bicyclic) bond motifs is 1. The standard InChI is InChI=1S/C33H33ClN8/c1-3-27(21-9-5-4-6-10-21)39-31-23(18-36)19-37-30-22(17-35)15-24(16-26(30)31)38-32(33(2)14-8-7-11-29(33)34)28-20-42(41-40-28)25-12-13-25/h4-11,14-16,19-20,25,27,29,32,38,40-41H,3,12-13H2,1-2H3,(H,37,39)/t27-,29?,32-,33?/m1/s1. The van der Waals surface area contributed by atoms with Gasteiger partial charge in [-0.15, -0.1) is 17.1 Å². The lowest BCUT2D eigenvalue weighted by atomic mass is 9.75. The lowest BCUT2D eigenvalue weighted by Gasteiger charge is -2.40. The second-order valence-corrected chi connectivity index (χ2v) is 11.7. The Morgan fingerprint density at radius 2 is 1.90 bits per heavy atom. The van der Waals surface area contributed by atoms with Gasteiger partial charge in [0.1, 0.15) is 12.1 Å². The lowest BCUT2D eigenvalue weighted by molar-refractivity contribution is 0.258. The summed E-state index contributed by atoms with van der Waals surface area (Å²) >= 11 is 6.95. The Morgan fingerprint density at radius 1 is 1.12 bits per heavy atom. The molecule has 1 saturated carbocycles. The maximum Gasteiger partial charge on any atom is 0.103 e. The molecule has 2 aliphatic carbocycles. The molecule has 0 saturated heterocycles. The summed E-state index contributed by atoms with van der Waals surface area (Å²) in [6, 6.07) is 18.8. The topological polar surface area (TPSA) is 112 Å². The van der Waals surface area contributed by atoms with Gasteiger partial charge in [-0.25, -0.2) is 0 Å². The van der Waals surface area contributed by atoms with Crippen molar-refractivity contribution < 1.29 is 0 Å². The smallest absolute Gasteiger partial charge is 0.103 e. The SMILES string of the molecule is CC[C@@H](Nc1c(C#N)cnc2c(C#N)cc(N[C@H](C3=CN(C4CC4)NN3)C3(C)C=CC=CC3Cl)cc12)c1ccccc1. The molecule has 212 valence electrons. The fraction of sp³-hybridized carbons (Fsp3) is 0.303. The van der Waals surface area contributed by atoms with Crippen molar-refractivity contribution in [2.75, 3.05) is 10.6 Å². The van der Waals surface area contributed by atoms with Gasteiger partial charge in [0.2, 0.25) is 0 Å². The Hall–Kier alpha value is -4.50. The molecule has 0 spiro atoms. The van der Waals surface area contributed by atoms with E-state index >= 15 is 0 Å². The lowest BCUT2D eigenvalue weighted by Crippen LogP contribution is -2.48. The Bertz CT molecular complexity index is 1660. The Kier molecular flexibility index (Phi) is 7.51. The number of nitrogens with one attached hydrogen (secondary N) is 4. The van der Waals surface area contributed by atoms with E-state index in [1.807, 2.05) is 48.6 Å². The Labute approximate surface area is 251 Å².